The molecule has 2 amide bonds. The molecule has 0 saturated heterocycles. The first-order valence-corrected chi connectivity index (χ1v) is 8.10. The lowest BCUT2D eigenvalue weighted by molar-refractivity contribution is 0.129. The Morgan fingerprint density at radius 1 is 1.17 bits per heavy atom. The molecule has 0 saturated carbocycles. The van der Waals surface area contributed by atoms with Gasteiger partial charge in [0.25, 0.3) is 0 Å². The first-order valence-electron chi connectivity index (χ1n) is 8.10. The third-order valence-electron chi connectivity index (χ3n) is 3.55. The Morgan fingerprint density at radius 3 is 2.26 bits per heavy atom. The summed E-state index contributed by atoms with van der Waals surface area (Å²) in [5, 5.41) is 15.2. The number of aliphatic hydroxyl groups excluding tert-OH is 1. The predicted octanol–water partition coefficient (Wildman–Crippen LogP) is 2.34. The van der Waals surface area contributed by atoms with Gasteiger partial charge in [0.15, 0.2) is 0 Å². The minimum atomic E-state index is -0.365. The molecule has 130 valence electrons. The molecule has 0 heterocycles. The Balaban J connectivity index is 2.35. The fourth-order valence-corrected chi connectivity index (χ4v) is 2.56. The molecule has 1 aromatic rings. The summed E-state index contributed by atoms with van der Waals surface area (Å²) in [5.41, 5.74) is 2.20. The average molecular weight is 321 g/mol. The SMILES string of the molecule is CC(O)CC(C)(C)CNC(=O)NCc1ccc(CN(C)C)cc1. The number of hydrogen-bond acceptors (Lipinski definition) is 3. The second-order valence-corrected chi connectivity index (χ2v) is 7.31. The van der Waals surface area contributed by atoms with Gasteiger partial charge < -0.3 is 20.6 Å². The summed E-state index contributed by atoms with van der Waals surface area (Å²) in [6.07, 6.45) is 0.288. The van der Waals surface area contributed by atoms with Crippen LogP contribution in [0, 0.1) is 5.41 Å². The van der Waals surface area contributed by atoms with Gasteiger partial charge in [-0.2, -0.15) is 0 Å². The quantitative estimate of drug-likeness (QED) is 0.688. The Hall–Kier alpha value is -1.59. The van der Waals surface area contributed by atoms with E-state index in [1.807, 2.05) is 40.1 Å². The van der Waals surface area contributed by atoms with E-state index in [4.69, 9.17) is 0 Å². The van der Waals surface area contributed by atoms with Crippen molar-refractivity contribution in [2.75, 3.05) is 20.6 Å². The highest BCUT2D eigenvalue weighted by Gasteiger charge is 2.20. The summed E-state index contributed by atoms with van der Waals surface area (Å²) in [6, 6.07) is 8.06. The van der Waals surface area contributed by atoms with Crippen molar-refractivity contribution in [3.05, 3.63) is 35.4 Å². The van der Waals surface area contributed by atoms with Gasteiger partial charge in [-0.1, -0.05) is 38.1 Å². The highest BCUT2D eigenvalue weighted by Crippen LogP contribution is 2.20. The van der Waals surface area contributed by atoms with E-state index in [-0.39, 0.29) is 17.6 Å². The Morgan fingerprint density at radius 2 is 1.74 bits per heavy atom. The van der Waals surface area contributed by atoms with Crippen LogP contribution in [0.2, 0.25) is 0 Å². The normalized spacial score (nSPS) is 13.0. The van der Waals surface area contributed by atoms with Gasteiger partial charge in [-0.05, 0) is 44.0 Å². The van der Waals surface area contributed by atoms with Crippen LogP contribution in [-0.4, -0.2) is 42.8 Å². The minimum Gasteiger partial charge on any atom is -0.393 e. The monoisotopic (exact) mass is 321 g/mol. The van der Waals surface area contributed by atoms with Gasteiger partial charge in [-0.25, -0.2) is 4.79 Å². The van der Waals surface area contributed by atoms with Crippen molar-refractivity contribution in [3.63, 3.8) is 0 Å². The lowest BCUT2D eigenvalue weighted by Gasteiger charge is -2.26. The summed E-state index contributed by atoms with van der Waals surface area (Å²) < 4.78 is 0. The zero-order valence-corrected chi connectivity index (χ0v) is 15.0. The summed E-state index contributed by atoms with van der Waals surface area (Å²) in [4.78, 5) is 14.0. The molecule has 0 spiro atoms. The fourth-order valence-electron chi connectivity index (χ4n) is 2.56. The molecule has 5 nitrogen and oxygen atoms in total. The van der Waals surface area contributed by atoms with Crippen molar-refractivity contribution < 1.29 is 9.90 Å². The van der Waals surface area contributed by atoms with Gasteiger partial charge in [0.2, 0.25) is 0 Å². The van der Waals surface area contributed by atoms with Crippen LogP contribution in [0.5, 0.6) is 0 Å². The molecule has 1 rings (SSSR count). The van der Waals surface area contributed by atoms with Crippen molar-refractivity contribution in [2.24, 2.45) is 5.41 Å². The molecule has 0 radical (unpaired) electrons. The van der Waals surface area contributed by atoms with Gasteiger partial charge >= 0.3 is 6.03 Å². The van der Waals surface area contributed by atoms with E-state index in [2.05, 4.69) is 27.7 Å². The van der Waals surface area contributed by atoms with Gasteiger partial charge in [0.05, 0.1) is 6.10 Å². The number of benzene rings is 1. The van der Waals surface area contributed by atoms with Crippen LogP contribution in [0.15, 0.2) is 24.3 Å². The lowest BCUT2D eigenvalue weighted by Crippen LogP contribution is -2.41. The van der Waals surface area contributed by atoms with Crippen LogP contribution in [0.25, 0.3) is 0 Å². The summed E-state index contributed by atoms with van der Waals surface area (Å²) >= 11 is 0. The van der Waals surface area contributed by atoms with E-state index in [0.29, 0.717) is 19.5 Å². The first kappa shape index (κ1) is 19.5. The molecule has 3 N–H and O–H groups in total. The molecule has 0 aliphatic heterocycles. The number of rotatable bonds is 8. The maximum atomic E-state index is 11.9. The van der Waals surface area contributed by atoms with Crippen LogP contribution in [0.4, 0.5) is 4.79 Å². The largest absolute Gasteiger partial charge is 0.393 e. The van der Waals surface area contributed by atoms with Crippen LogP contribution in [0.1, 0.15) is 38.3 Å². The van der Waals surface area contributed by atoms with Crippen LogP contribution >= 0.6 is 0 Å². The number of nitrogens with one attached hydrogen (secondary N) is 2. The van der Waals surface area contributed by atoms with Crippen LogP contribution in [0.3, 0.4) is 0 Å². The summed E-state index contributed by atoms with van der Waals surface area (Å²) in [5.74, 6) is 0. The first-order chi connectivity index (χ1) is 10.7. The number of amides is 2. The number of urea groups is 1. The second kappa shape index (κ2) is 8.89. The molecular weight excluding hydrogens is 290 g/mol. The molecule has 0 fully saturated rings. The molecule has 0 bridgehead atoms. The van der Waals surface area contributed by atoms with E-state index in [0.717, 1.165) is 12.1 Å². The maximum Gasteiger partial charge on any atom is 0.315 e. The standard InChI is InChI=1S/C18H31N3O2/c1-14(22)10-18(2,3)13-20-17(23)19-11-15-6-8-16(9-7-15)12-21(4)5/h6-9,14,22H,10-13H2,1-5H3,(H2,19,20,23). The van der Waals surface area contributed by atoms with Crippen LogP contribution < -0.4 is 10.6 Å². The van der Waals surface area contributed by atoms with Gasteiger partial charge in [-0.15, -0.1) is 0 Å². The molecule has 0 aliphatic rings. The molecule has 5 heteroatoms. The predicted molar refractivity (Wildman–Crippen MR) is 94.2 cm³/mol. The van der Waals surface area contributed by atoms with Crippen molar-refractivity contribution in [1.29, 1.82) is 0 Å². The highest BCUT2D eigenvalue weighted by atomic mass is 16.3. The summed E-state index contributed by atoms with van der Waals surface area (Å²) in [6.45, 7) is 7.78. The van der Waals surface area contributed by atoms with E-state index >= 15 is 0 Å². The Labute approximate surface area is 140 Å². The highest BCUT2D eigenvalue weighted by molar-refractivity contribution is 5.73. The van der Waals surface area contributed by atoms with E-state index in [9.17, 15) is 9.90 Å². The second-order valence-electron chi connectivity index (χ2n) is 7.31. The zero-order chi connectivity index (χ0) is 17.5. The number of carbonyl (C=O) groups excluding carboxylic acids is 1. The van der Waals surface area contributed by atoms with Crippen molar-refractivity contribution in [2.45, 2.75) is 46.4 Å². The molecule has 1 atom stereocenters. The molecule has 0 aromatic heterocycles. The third-order valence-corrected chi connectivity index (χ3v) is 3.55. The van der Waals surface area contributed by atoms with Gasteiger partial charge in [0, 0.05) is 19.6 Å². The number of aliphatic hydroxyl groups is 1. The Kier molecular flexibility index (Phi) is 7.52. The van der Waals surface area contributed by atoms with Crippen molar-refractivity contribution in [3.8, 4) is 0 Å². The summed E-state index contributed by atoms with van der Waals surface area (Å²) in [7, 11) is 4.08. The number of nitrogens with zero attached hydrogens (tertiary/aromatic N) is 1. The molecule has 0 aliphatic carbocycles. The molecule has 1 unspecified atom stereocenters. The molecule has 1 aromatic carbocycles. The minimum absolute atomic E-state index is 0.126. The maximum absolute atomic E-state index is 11.9. The fraction of sp³-hybridized carbons (Fsp3) is 0.611. The van der Waals surface area contributed by atoms with Gasteiger partial charge in [-0.3, -0.25) is 0 Å². The van der Waals surface area contributed by atoms with E-state index < -0.39 is 0 Å². The molecular formula is C18H31N3O2. The van der Waals surface area contributed by atoms with E-state index in [1.54, 1.807) is 6.92 Å². The van der Waals surface area contributed by atoms with E-state index in [1.165, 1.54) is 5.56 Å². The van der Waals surface area contributed by atoms with Crippen LogP contribution in [-0.2, 0) is 13.1 Å². The smallest absolute Gasteiger partial charge is 0.315 e. The Bertz CT molecular complexity index is 482. The third kappa shape index (κ3) is 8.57. The van der Waals surface area contributed by atoms with Crippen molar-refractivity contribution >= 4 is 6.03 Å². The topological polar surface area (TPSA) is 64.6 Å². The van der Waals surface area contributed by atoms with Gasteiger partial charge in [0.1, 0.15) is 0 Å². The molecule has 23 heavy (non-hydrogen) atoms. The van der Waals surface area contributed by atoms with Crippen molar-refractivity contribution in [1.82, 2.24) is 15.5 Å². The number of hydrogen-bond donors (Lipinski definition) is 3. The zero-order valence-electron chi connectivity index (χ0n) is 15.0. The lowest BCUT2D eigenvalue weighted by atomic mass is 9.87. The number of carbonyl (C=O) groups is 1. The average Bonchev–Trinajstić information content (AvgIpc) is 2.42.